The summed E-state index contributed by atoms with van der Waals surface area (Å²) in [6.07, 6.45) is 15.7. The second-order valence-electron chi connectivity index (χ2n) is 6.23. The van der Waals surface area contributed by atoms with Crippen LogP contribution in [0.1, 0.15) is 73.1 Å². The number of aliphatic hydroxyl groups excluding tert-OH is 1. The Morgan fingerprint density at radius 1 is 0.619 bits per heavy atom. The lowest BCUT2D eigenvalue weighted by atomic mass is 10.0. The van der Waals surface area contributed by atoms with Crippen molar-refractivity contribution >= 4 is 0 Å². The zero-order valence-electron chi connectivity index (χ0n) is 14.7. The molecule has 0 aromatic carbocycles. The molecule has 0 aliphatic rings. The molecular weight excluding hydrogens is 256 g/mol. The second kappa shape index (κ2) is 12.6. The summed E-state index contributed by atoms with van der Waals surface area (Å²) < 4.78 is 0. The minimum Gasteiger partial charge on any atom is -0.392 e. The number of aliphatic hydroxyl groups is 1. The van der Waals surface area contributed by atoms with E-state index >= 15 is 0 Å². The van der Waals surface area contributed by atoms with E-state index in [9.17, 15) is 0 Å². The molecule has 0 atom stereocenters. The van der Waals surface area contributed by atoms with Crippen molar-refractivity contribution in [1.82, 2.24) is 0 Å². The Morgan fingerprint density at radius 3 is 1.38 bits per heavy atom. The Morgan fingerprint density at radius 2 is 1.00 bits per heavy atom. The third-order valence-corrected chi connectivity index (χ3v) is 3.59. The van der Waals surface area contributed by atoms with Crippen molar-refractivity contribution in [3.05, 3.63) is 46.6 Å². The molecule has 0 aliphatic carbocycles. The van der Waals surface area contributed by atoms with Crippen LogP contribution in [0.25, 0.3) is 0 Å². The SMILES string of the molecule is CC(C)=CCC/C(C)=C/CCC(C)=CCC/C(C)=C/CO. The van der Waals surface area contributed by atoms with Crippen LogP contribution < -0.4 is 0 Å². The topological polar surface area (TPSA) is 20.2 Å². The Labute approximate surface area is 132 Å². The first kappa shape index (κ1) is 19.9. The average molecular weight is 290 g/mol. The van der Waals surface area contributed by atoms with Crippen molar-refractivity contribution in [2.24, 2.45) is 0 Å². The summed E-state index contributed by atoms with van der Waals surface area (Å²) in [5.74, 6) is 0. The van der Waals surface area contributed by atoms with Crippen molar-refractivity contribution in [2.45, 2.75) is 73.1 Å². The lowest BCUT2D eigenvalue weighted by molar-refractivity contribution is 0.341. The van der Waals surface area contributed by atoms with Crippen molar-refractivity contribution in [3.8, 4) is 0 Å². The van der Waals surface area contributed by atoms with E-state index in [0.717, 1.165) is 32.1 Å². The molecule has 0 aromatic rings. The van der Waals surface area contributed by atoms with Gasteiger partial charge in [-0.05, 0) is 73.1 Å². The van der Waals surface area contributed by atoms with Crippen molar-refractivity contribution in [2.75, 3.05) is 6.61 Å². The van der Waals surface area contributed by atoms with Gasteiger partial charge in [0.05, 0.1) is 6.61 Å². The Bertz CT molecular complexity index is 390. The molecule has 0 bridgehead atoms. The molecule has 1 nitrogen and oxygen atoms in total. The van der Waals surface area contributed by atoms with Crippen LogP contribution in [0.2, 0.25) is 0 Å². The average Bonchev–Trinajstić information content (AvgIpc) is 2.38. The van der Waals surface area contributed by atoms with Crippen LogP contribution in [0, 0.1) is 0 Å². The molecule has 0 radical (unpaired) electrons. The summed E-state index contributed by atoms with van der Waals surface area (Å²) in [6, 6.07) is 0. The molecule has 0 amide bonds. The second-order valence-corrected chi connectivity index (χ2v) is 6.23. The summed E-state index contributed by atoms with van der Waals surface area (Å²) in [5.41, 5.74) is 5.66. The van der Waals surface area contributed by atoms with Gasteiger partial charge in [-0.25, -0.2) is 0 Å². The van der Waals surface area contributed by atoms with Gasteiger partial charge in [-0.3, -0.25) is 0 Å². The third kappa shape index (κ3) is 13.7. The first-order chi connectivity index (χ1) is 9.95. The highest BCUT2D eigenvalue weighted by Gasteiger charge is 1.93. The van der Waals surface area contributed by atoms with Gasteiger partial charge in [-0.2, -0.15) is 0 Å². The zero-order chi connectivity index (χ0) is 16.1. The molecular formula is C20H34O. The summed E-state index contributed by atoms with van der Waals surface area (Å²) >= 11 is 0. The van der Waals surface area contributed by atoms with E-state index in [0.29, 0.717) is 0 Å². The van der Waals surface area contributed by atoms with E-state index in [1.54, 1.807) is 0 Å². The standard InChI is InChI=1S/C20H34O/c1-17(2)9-6-10-18(3)11-7-12-19(4)13-8-14-20(5)15-16-21/h9,11,13,15,21H,6-8,10,12,14,16H2,1-5H3/b18-11+,19-13?,20-15+. The number of rotatable bonds is 10. The van der Waals surface area contributed by atoms with Gasteiger partial charge in [0.1, 0.15) is 0 Å². The number of hydrogen-bond acceptors (Lipinski definition) is 1. The summed E-state index contributed by atoms with van der Waals surface area (Å²) in [6.45, 7) is 11.0. The van der Waals surface area contributed by atoms with Crippen LogP contribution >= 0.6 is 0 Å². The minimum atomic E-state index is 0.158. The van der Waals surface area contributed by atoms with E-state index in [-0.39, 0.29) is 6.61 Å². The first-order valence-corrected chi connectivity index (χ1v) is 8.16. The predicted molar refractivity (Wildman–Crippen MR) is 95.5 cm³/mol. The number of allylic oxidation sites excluding steroid dienone is 7. The summed E-state index contributed by atoms with van der Waals surface area (Å²) in [4.78, 5) is 0. The van der Waals surface area contributed by atoms with Gasteiger partial charge in [-0.1, -0.05) is 46.6 Å². The smallest absolute Gasteiger partial charge is 0.0614 e. The van der Waals surface area contributed by atoms with Crippen LogP contribution in [0.5, 0.6) is 0 Å². The molecule has 0 spiro atoms. The quantitative estimate of drug-likeness (QED) is 0.480. The van der Waals surface area contributed by atoms with E-state index in [4.69, 9.17) is 5.11 Å². The van der Waals surface area contributed by atoms with Gasteiger partial charge in [0.15, 0.2) is 0 Å². The monoisotopic (exact) mass is 290 g/mol. The van der Waals surface area contributed by atoms with Crippen molar-refractivity contribution in [1.29, 1.82) is 0 Å². The fourth-order valence-electron chi connectivity index (χ4n) is 2.14. The van der Waals surface area contributed by atoms with E-state index in [2.05, 4.69) is 52.8 Å². The van der Waals surface area contributed by atoms with E-state index in [1.807, 2.05) is 6.08 Å². The first-order valence-electron chi connectivity index (χ1n) is 8.16. The molecule has 0 unspecified atom stereocenters. The molecule has 1 heteroatoms. The molecule has 0 saturated carbocycles. The van der Waals surface area contributed by atoms with Crippen LogP contribution in [-0.4, -0.2) is 11.7 Å². The number of hydrogen-bond donors (Lipinski definition) is 1. The van der Waals surface area contributed by atoms with E-state index < -0.39 is 0 Å². The molecule has 1 N–H and O–H groups in total. The van der Waals surface area contributed by atoms with Crippen LogP contribution in [-0.2, 0) is 0 Å². The van der Waals surface area contributed by atoms with Gasteiger partial charge in [0, 0.05) is 0 Å². The molecule has 21 heavy (non-hydrogen) atoms. The zero-order valence-corrected chi connectivity index (χ0v) is 14.7. The van der Waals surface area contributed by atoms with Crippen molar-refractivity contribution < 1.29 is 5.11 Å². The maximum Gasteiger partial charge on any atom is 0.0614 e. The predicted octanol–water partition coefficient (Wildman–Crippen LogP) is 6.12. The molecule has 0 fully saturated rings. The Kier molecular flexibility index (Phi) is 12.0. The molecule has 120 valence electrons. The molecule has 0 aromatic heterocycles. The normalized spacial score (nSPS) is 13.5. The molecule has 0 heterocycles. The third-order valence-electron chi connectivity index (χ3n) is 3.59. The van der Waals surface area contributed by atoms with Gasteiger partial charge in [-0.15, -0.1) is 0 Å². The summed E-state index contributed by atoms with van der Waals surface area (Å²) in [7, 11) is 0. The highest BCUT2D eigenvalue weighted by molar-refractivity contribution is 5.07. The van der Waals surface area contributed by atoms with Crippen molar-refractivity contribution in [3.63, 3.8) is 0 Å². The maximum atomic E-state index is 8.80. The lowest BCUT2D eigenvalue weighted by Crippen LogP contribution is -1.83. The lowest BCUT2D eigenvalue weighted by Gasteiger charge is -2.02. The van der Waals surface area contributed by atoms with E-state index in [1.165, 1.54) is 28.7 Å². The largest absolute Gasteiger partial charge is 0.392 e. The minimum absolute atomic E-state index is 0.158. The fraction of sp³-hybridized carbons (Fsp3) is 0.600. The van der Waals surface area contributed by atoms with Gasteiger partial charge in [0.25, 0.3) is 0 Å². The van der Waals surface area contributed by atoms with Gasteiger partial charge >= 0.3 is 0 Å². The highest BCUT2D eigenvalue weighted by atomic mass is 16.2. The maximum absolute atomic E-state index is 8.80. The summed E-state index contributed by atoms with van der Waals surface area (Å²) in [5, 5.41) is 8.80. The molecule has 0 aliphatic heterocycles. The van der Waals surface area contributed by atoms with Crippen LogP contribution in [0.4, 0.5) is 0 Å². The van der Waals surface area contributed by atoms with Gasteiger partial charge < -0.3 is 5.11 Å². The fourth-order valence-corrected chi connectivity index (χ4v) is 2.14. The van der Waals surface area contributed by atoms with Crippen LogP contribution in [0.15, 0.2) is 46.6 Å². The Hall–Kier alpha value is -1.08. The van der Waals surface area contributed by atoms with Crippen LogP contribution in [0.3, 0.4) is 0 Å². The molecule has 0 rings (SSSR count). The highest BCUT2D eigenvalue weighted by Crippen LogP contribution is 2.13. The molecule has 0 saturated heterocycles. The Balaban J connectivity index is 3.93. The van der Waals surface area contributed by atoms with Gasteiger partial charge in [0.2, 0.25) is 0 Å².